The monoisotopic (exact) mass is 510 g/mol. The topological polar surface area (TPSA) is 119 Å². The number of rotatable bonds is 5. The SMILES string of the molecule is O=c1[nH]c2cc(-c3c(Cl)cccc3-c3cn(CCO)nn3)ccc2c(=O)n1-c1cncc2ccccc12. The average molecular weight is 511 g/mol. The minimum absolute atomic E-state index is 0.0599. The molecule has 0 saturated heterocycles. The summed E-state index contributed by atoms with van der Waals surface area (Å²) >= 11 is 6.62. The number of pyridine rings is 1. The van der Waals surface area contributed by atoms with E-state index >= 15 is 0 Å². The van der Waals surface area contributed by atoms with Crippen molar-refractivity contribution in [2.75, 3.05) is 6.61 Å². The Balaban J connectivity index is 1.53. The number of H-pyrrole nitrogens is 1. The lowest BCUT2D eigenvalue weighted by atomic mass is 9.97. The Morgan fingerprint density at radius 1 is 0.973 bits per heavy atom. The third-order valence-electron chi connectivity index (χ3n) is 6.23. The molecule has 6 rings (SSSR count). The number of hydrogen-bond donors (Lipinski definition) is 2. The smallest absolute Gasteiger partial charge is 0.333 e. The predicted octanol–water partition coefficient (Wildman–Crippen LogP) is 3.80. The third kappa shape index (κ3) is 3.90. The molecule has 3 aromatic carbocycles. The number of halogens is 1. The van der Waals surface area contributed by atoms with Gasteiger partial charge in [-0.05, 0) is 23.8 Å². The van der Waals surface area contributed by atoms with Crippen molar-refractivity contribution < 1.29 is 5.11 Å². The zero-order chi connectivity index (χ0) is 25.5. The van der Waals surface area contributed by atoms with Crippen LogP contribution in [0.2, 0.25) is 5.02 Å². The summed E-state index contributed by atoms with van der Waals surface area (Å²) in [5.74, 6) is 0. The summed E-state index contributed by atoms with van der Waals surface area (Å²) in [6.07, 6.45) is 4.93. The van der Waals surface area contributed by atoms with E-state index in [-0.39, 0.29) is 6.61 Å². The van der Waals surface area contributed by atoms with Crippen molar-refractivity contribution in [2.45, 2.75) is 6.54 Å². The number of benzene rings is 3. The maximum absolute atomic E-state index is 13.5. The normalized spacial score (nSPS) is 11.4. The fraction of sp³-hybridized carbons (Fsp3) is 0.0741. The van der Waals surface area contributed by atoms with E-state index in [0.717, 1.165) is 20.9 Å². The van der Waals surface area contributed by atoms with Gasteiger partial charge < -0.3 is 10.1 Å². The molecule has 0 aliphatic heterocycles. The summed E-state index contributed by atoms with van der Waals surface area (Å²) in [7, 11) is 0. The number of nitrogens with one attached hydrogen (secondary N) is 1. The molecule has 182 valence electrons. The molecule has 0 aliphatic carbocycles. The fourth-order valence-corrected chi connectivity index (χ4v) is 4.82. The molecule has 0 aliphatic rings. The predicted molar refractivity (Wildman–Crippen MR) is 142 cm³/mol. The van der Waals surface area contributed by atoms with Crippen LogP contribution in [0.1, 0.15) is 0 Å². The molecule has 6 aromatic rings. The highest BCUT2D eigenvalue weighted by Crippen LogP contribution is 2.37. The van der Waals surface area contributed by atoms with Gasteiger partial charge in [0.1, 0.15) is 5.69 Å². The van der Waals surface area contributed by atoms with Crippen LogP contribution in [0.3, 0.4) is 0 Å². The van der Waals surface area contributed by atoms with Gasteiger partial charge in [0.05, 0.1) is 42.1 Å². The Kier molecular flexibility index (Phi) is 5.63. The molecular weight excluding hydrogens is 492 g/mol. The Hall–Kier alpha value is -4.60. The molecule has 0 atom stereocenters. The van der Waals surface area contributed by atoms with Gasteiger partial charge in [-0.25, -0.2) is 14.0 Å². The molecule has 37 heavy (non-hydrogen) atoms. The van der Waals surface area contributed by atoms with Crippen LogP contribution in [0.5, 0.6) is 0 Å². The molecule has 0 spiro atoms. The maximum Gasteiger partial charge on any atom is 0.333 e. The van der Waals surface area contributed by atoms with E-state index in [1.54, 1.807) is 41.3 Å². The Labute approximate surface area is 214 Å². The van der Waals surface area contributed by atoms with Crippen LogP contribution in [0.15, 0.2) is 88.8 Å². The van der Waals surface area contributed by atoms with E-state index in [4.69, 9.17) is 11.6 Å². The molecule has 0 unspecified atom stereocenters. The van der Waals surface area contributed by atoms with Gasteiger partial charge in [-0.1, -0.05) is 59.3 Å². The van der Waals surface area contributed by atoms with Crippen LogP contribution in [0, 0.1) is 0 Å². The minimum atomic E-state index is -0.570. The van der Waals surface area contributed by atoms with Crippen molar-refractivity contribution in [3.8, 4) is 28.1 Å². The van der Waals surface area contributed by atoms with Crippen molar-refractivity contribution >= 4 is 33.3 Å². The summed E-state index contributed by atoms with van der Waals surface area (Å²) in [6.45, 7) is 0.258. The van der Waals surface area contributed by atoms with Crippen molar-refractivity contribution in [3.63, 3.8) is 0 Å². The molecule has 9 nitrogen and oxygen atoms in total. The summed E-state index contributed by atoms with van der Waals surface area (Å²) in [5, 5.41) is 19.9. The highest BCUT2D eigenvalue weighted by Gasteiger charge is 2.17. The molecule has 10 heteroatoms. The molecule has 3 aromatic heterocycles. The standard InChI is InChI=1S/C27H19ClN6O3/c28-21-7-3-6-19(23-15-33(10-11-35)32-31-23)25(21)16-8-9-20-22(12-16)30-27(37)34(26(20)36)24-14-29-13-17-4-1-2-5-18(17)24/h1-9,12-15,35H,10-11H2,(H,30,37). The Morgan fingerprint density at radius 2 is 1.84 bits per heavy atom. The number of aliphatic hydroxyl groups excluding tert-OH is 1. The molecular formula is C27H19ClN6O3. The van der Waals surface area contributed by atoms with Crippen LogP contribution in [0.4, 0.5) is 0 Å². The zero-order valence-corrected chi connectivity index (χ0v) is 20.1. The molecule has 0 saturated carbocycles. The molecule has 0 amide bonds. The minimum Gasteiger partial charge on any atom is -0.394 e. The van der Waals surface area contributed by atoms with E-state index in [1.165, 1.54) is 6.20 Å². The van der Waals surface area contributed by atoms with Gasteiger partial charge in [0.15, 0.2) is 0 Å². The summed E-state index contributed by atoms with van der Waals surface area (Å²) in [6, 6.07) is 18.1. The lowest BCUT2D eigenvalue weighted by Crippen LogP contribution is -2.33. The number of fused-ring (bicyclic) bond motifs is 2. The van der Waals surface area contributed by atoms with Gasteiger partial charge in [-0.3, -0.25) is 9.78 Å². The van der Waals surface area contributed by atoms with E-state index in [0.29, 0.717) is 45.0 Å². The molecule has 2 N–H and O–H groups in total. The van der Waals surface area contributed by atoms with Gasteiger partial charge in [0, 0.05) is 33.1 Å². The number of aromatic nitrogens is 6. The summed E-state index contributed by atoms with van der Waals surface area (Å²) in [5.41, 5.74) is 2.47. The van der Waals surface area contributed by atoms with E-state index in [1.807, 2.05) is 36.4 Å². The van der Waals surface area contributed by atoms with Gasteiger partial charge in [0.25, 0.3) is 5.56 Å². The lowest BCUT2D eigenvalue weighted by molar-refractivity contribution is 0.268. The molecule has 0 fully saturated rings. The van der Waals surface area contributed by atoms with Gasteiger partial charge in [-0.2, -0.15) is 0 Å². The Morgan fingerprint density at radius 3 is 2.70 bits per heavy atom. The fourth-order valence-electron chi connectivity index (χ4n) is 4.54. The van der Waals surface area contributed by atoms with Crippen LogP contribution in [-0.2, 0) is 6.54 Å². The second kappa shape index (κ2) is 9.12. The highest BCUT2D eigenvalue weighted by molar-refractivity contribution is 6.34. The molecule has 0 radical (unpaired) electrons. The summed E-state index contributed by atoms with van der Waals surface area (Å²) < 4.78 is 2.65. The van der Waals surface area contributed by atoms with Gasteiger partial charge in [0.2, 0.25) is 0 Å². The third-order valence-corrected chi connectivity index (χ3v) is 6.55. The van der Waals surface area contributed by atoms with Crippen molar-refractivity contribution in [3.05, 3.63) is 105 Å². The van der Waals surface area contributed by atoms with Crippen molar-refractivity contribution in [1.29, 1.82) is 0 Å². The number of hydrogen-bond acceptors (Lipinski definition) is 6. The van der Waals surface area contributed by atoms with Crippen LogP contribution in [-0.4, -0.2) is 41.2 Å². The second-order valence-corrected chi connectivity index (χ2v) is 8.87. The Bertz CT molecular complexity index is 1920. The first-order chi connectivity index (χ1) is 18.0. The van der Waals surface area contributed by atoms with E-state index in [2.05, 4.69) is 20.3 Å². The first-order valence-electron chi connectivity index (χ1n) is 11.5. The number of nitrogens with zero attached hydrogens (tertiary/aromatic N) is 5. The van der Waals surface area contributed by atoms with Crippen LogP contribution in [0.25, 0.3) is 49.7 Å². The number of aromatic amines is 1. The lowest BCUT2D eigenvalue weighted by Gasteiger charge is -2.12. The number of aliphatic hydroxyl groups is 1. The molecule has 3 heterocycles. The largest absolute Gasteiger partial charge is 0.394 e. The molecule has 0 bridgehead atoms. The zero-order valence-electron chi connectivity index (χ0n) is 19.3. The van der Waals surface area contributed by atoms with E-state index in [9.17, 15) is 14.7 Å². The van der Waals surface area contributed by atoms with Gasteiger partial charge in [-0.15, -0.1) is 5.10 Å². The first kappa shape index (κ1) is 22.8. The van der Waals surface area contributed by atoms with Crippen LogP contribution < -0.4 is 11.2 Å². The average Bonchev–Trinajstić information content (AvgIpc) is 3.37. The highest BCUT2D eigenvalue weighted by atomic mass is 35.5. The van der Waals surface area contributed by atoms with Crippen molar-refractivity contribution in [1.82, 2.24) is 29.5 Å². The van der Waals surface area contributed by atoms with Crippen LogP contribution >= 0.6 is 11.6 Å². The van der Waals surface area contributed by atoms with Crippen molar-refractivity contribution in [2.24, 2.45) is 0 Å². The summed E-state index contributed by atoms with van der Waals surface area (Å²) in [4.78, 5) is 33.7. The maximum atomic E-state index is 13.5. The first-order valence-corrected chi connectivity index (χ1v) is 11.9. The van der Waals surface area contributed by atoms with Gasteiger partial charge >= 0.3 is 5.69 Å². The van der Waals surface area contributed by atoms with E-state index < -0.39 is 11.2 Å². The second-order valence-electron chi connectivity index (χ2n) is 8.46. The quantitative estimate of drug-likeness (QED) is 0.364.